The number of carbonyl (C=O) groups excluding carboxylic acids is 1. The Morgan fingerprint density at radius 2 is 1.95 bits per heavy atom. The van der Waals surface area contributed by atoms with Crippen LogP contribution in [-0.2, 0) is 4.74 Å². The van der Waals surface area contributed by atoms with Crippen molar-refractivity contribution in [3.8, 4) is 17.0 Å². The molecule has 22 heavy (non-hydrogen) atoms. The number of anilines is 1. The zero-order chi connectivity index (χ0) is 16.4. The van der Waals surface area contributed by atoms with Gasteiger partial charge in [0.05, 0.1) is 19.9 Å². The van der Waals surface area contributed by atoms with Gasteiger partial charge in [-0.3, -0.25) is 0 Å². The molecule has 0 bridgehead atoms. The van der Waals surface area contributed by atoms with Gasteiger partial charge in [-0.2, -0.15) is 0 Å². The summed E-state index contributed by atoms with van der Waals surface area (Å²) in [5.74, 6) is -1.03. The molecule has 6 heteroatoms. The highest BCUT2D eigenvalue weighted by atomic mass is 19.1. The fraction of sp³-hybridized carbons (Fsp3) is 0.250. The van der Waals surface area contributed by atoms with Crippen LogP contribution in [0.15, 0.2) is 18.2 Å². The summed E-state index contributed by atoms with van der Waals surface area (Å²) in [6.45, 7) is 3.40. The summed E-state index contributed by atoms with van der Waals surface area (Å²) < 4.78 is 24.3. The van der Waals surface area contributed by atoms with Crippen molar-refractivity contribution in [3.05, 3.63) is 40.8 Å². The number of nitrogens with zero attached hydrogens (tertiary/aromatic N) is 1. The Balaban J connectivity index is 2.69. The summed E-state index contributed by atoms with van der Waals surface area (Å²) in [5, 5.41) is 0. The Morgan fingerprint density at radius 1 is 1.27 bits per heavy atom. The molecule has 5 nitrogen and oxygen atoms in total. The minimum absolute atomic E-state index is 0.0661. The second kappa shape index (κ2) is 6.01. The van der Waals surface area contributed by atoms with Crippen molar-refractivity contribution in [1.82, 2.24) is 4.98 Å². The van der Waals surface area contributed by atoms with Crippen molar-refractivity contribution in [2.75, 3.05) is 20.0 Å². The van der Waals surface area contributed by atoms with Gasteiger partial charge in [-0.05, 0) is 31.5 Å². The van der Waals surface area contributed by atoms with Crippen molar-refractivity contribution in [3.63, 3.8) is 0 Å². The molecule has 1 aromatic heterocycles. The molecule has 0 spiro atoms. The van der Waals surface area contributed by atoms with E-state index in [1.807, 2.05) is 0 Å². The molecule has 116 valence electrons. The first-order valence-electron chi connectivity index (χ1n) is 6.59. The fourth-order valence-corrected chi connectivity index (χ4v) is 2.16. The van der Waals surface area contributed by atoms with Crippen molar-refractivity contribution in [1.29, 1.82) is 0 Å². The summed E-state index contributed by atoms with van der Waals surface area (Å²) in [6.07, 6.45) is 0. The molecule has 0 aliphatic heterocycles. The average Bonchev–Trinajstić information content (AvgIpc) is 2.50. The molecule has 0 fully saturated rings. The van der Waals surface area contributed by atoms with Crippen LogP contribution < -0.4 is 10.5 Å². The van der Waals surface area contributed by atoms with E-state index in [0.29, 0.717) is 16.8 Å². The van der Waals surface area contributed by atoms with Gasteiger partial charge in [0.15, 0.2) is 17.3 Å². The molecule has 0 saturated heterocycles. The van der Waals surface area contributed by atoms with Gasteiger partial charge in [-0.1, -0.05) is 6.07 Å². The second-order valence-electron chi connectivity index (χ2n) is 4.84. The summed E-state index contributed by atoms with van der Waals surface area (Å²) in [6, 6.07) is 4.81. The van der Waals surface area contributed by atoms with Gasteiger partial charge in [0.1, 0.15) is 0 Å². The number of methoxy groups -OCH3 is 2. The third-order valence-electron chi connectivity index (χ3n) is 3.47. The Bertz CT molecular complexity index is 745. The maximum absolute atomic E-state index is 14.5. The molecular formula is C16H17FN2O3. The molecule has 1 heterocycles. The van der Waals surface area contributed by atoms with Crippen molar-refractivity contribution < 1.29 is 18.7 Å². The number of aryl methyl sites for hydroxylation is 1. The van der Waals surface area contributed by atoms with E-state index in [1.54, 1.807) is 26.0 Å². The van der Waals surface area contributed by atoms with Gasteiger partial charge < -0.3 is 15.2 Å². The first-order chi connectivity index (χ1) is 10.4. The van der Waals surface area contributed by atoms with Crippen LogP contribution in [0.3, 0.4) is 0 Å². The van der Waals surface area contributed by atoms with Gasteiger partial charge in [-0.25, -0.2) is 14.2 Å². The van der Waals surface area contributed by atoms with Crippen molar-refractivity contribution in [2.45, 2.75) is 13.8 Å². The third kappa shape index (κ3) is 2.59. The lowest BCUT2D eigenvalue weighted by atomic mass is 10.0. The topological polar surface area (TPSA) is 74.4 Å². The molecule has 2 N–H and O–H groups in total. The maximum atomic E-state index is 14.5. The summed E-state index contributed by atoms with van der Waals surface area (Å²) in [7, 11) is 2.65. The minimum atomic E-state index is -0.620. The summed E-state index contributed by atoms with van der Waals surface area (Å²) in [4.78, 5) is 16.0. The Morgan fingerprint density at radius 3 is 2.55 bits per heavy atom. The van der Waals surface area contributed by atoms with E-state index in [4.69, 9.17) is 10.5 Å². The number of nitrogen functional groups attached to an aromatic ring is 1. The number of rotatable bonds is 3. The van der Waals surface area contributed by atoms with Crippen LogP contribution in [0, 0.1) is 19.7 Å². The Hall–Kier alpha value is -2.63. The lowest BCUT2D eigenvalue weighted by Gasteiger charge is -2.13. The van der Waals surface area contributed by atoms with Crippen molar-refractivity contribution in [2.24, 2.45) is 0 Å². The van der Waals surface area contributed by atoms with E-state index in [2.05, 4.69) is 9.72 Å². The van der Waals surface area contributed by atoms with Gasteiger partial charge in [0.25, 0.3) is 0 Å². The molecule has 0 aliphatic rings. The average molecular weight is 304 g/mol. The van der Waals surface area contributed by atoms with Crippen molar-refractivity contribution >= 4 is 11.7 Å². The van der Waals surface area contributed by atoms with E-state index in [0.717, 1.165) is 0 Å². The summed E-state index contributed by atoms with van der Waals surface area (Å²) >= 11 is 0. The molecule has 0 unspecified atom stereocenters. The fourth-order valence-electron chi connectivity index (χ4n) is 2.16. The third-order valence-corrected chi connectivity index (χ3v) is 3.47. The van der Waals surface area contributed by atoms with Crippen LogP contribution in [0.25, 0.3) is 11.3 Å². The van der Waals surface area contributed by atoms with Crippen LogP contribution in [0.2, 0.25) is 0 Å². The van der Waals surface area contributed by atoms with Crippen LogP contribution in [0.1, 0.15) is 21.6 Å². The molecule has 0 saturated carbocycles. The normalized spacial score (nSPS) is 10.4. The van der Waals surface area contributed by atoms with Gasteiger partial charge in [-0.15, -0.1) is 0 Å². The smallest absolute Gasteiger partial charge is 0.357 e. The lowest BCUT2D eigenvalue weighted by molar-refractivity contribution is 0.0593. The van der Waals surface area contributed by atoms with E-state index < -0.39 is 11.8 Å². The van der Waals surface area contributed by atoms with Gasteiger partial charge in [0.2, 0.25) is 0 Å². The molecule has 0 radical (unpaired) electrons. The predicted octanol–water partition coefficient (Wildman–Crippen LogP) is 2.88. The molecule has 2 rings (SSSR count). The lowest BCUT2D eigenvalue weighted by Crippen LogP contribution is -2.10. The predicted molar refractivity (Wildman–Crippen MR) is 81.4 cm³/mol. The minimum Gasteiger partial charge on any atom is -0.493 e. The van der Waals surface area contributed by atoms with E-state index >= 15 is 0 Å². The number of esters is 1. The quantitative estimate of drug-likeness (QED) is 0.883. The highest BCUT2D eigenvalue weighted by Crippen LogP contribution is 2.32. The molecule has 0 aliphatic carbocycles. The Kier molecular flexibility index (Phi) is 4.30. The standard InChI is InChI=1S/C16H17FN2O3/c1-8-5-6-10(13(17)15(8)21-3)12-7-11(18)9(2)14(19-12)16(20)22-4/h5-7H,1-4H3,(H2,18,19). The number of hydrogen-bond donors (Lipinski definition) is 1. The summed E-state index contributed by atoms with van der Waals surface area (Å²) in [5.41, 5.74) is 7.92. The van der Waals surface area contributed by atoms with E-state index in [1.165, 1.54) is 20.3 Å². The molecule has 1 aromatic carbocycles. The second-order valence-corrected chi connectivity index (χ2v) is 4.84. The number of hydrogen-bond acceptors (Lipinski definition) is 5. The van der Waals surface area contributed by atoms with Gasteiger partial charge >= 0.3 is 5.97 Å². The van der Waals surface area contributed by atoms with E-state index in [-0.39, 0.29) is 22.7 Å². The Labute approximate surface area is 127 Å². The molecule has 0 amide bonds. The molecule has 2 aromatic rings. The van der Waals surface area contributed by atoms with E-state index in [9.17, 15) is 9.18 Å². The number of benzene rings is 1. The number of nitrogens with two attached hydrogens (primary N) is 1. The first-order valence-corrected chi connectivity index (χ1v) is 6.59. The number of pyridine rings is 1. The number of ether oxygens (including phenoxy) is 2. The monoisotopic (exact) mass is 304 g/mol. The SMILES string of the molecule is COC(=O)c1nc(-c2ccc(C)c(OC)c2F)cc(N)c1C. The van der Waals surface area contributed by atoms with Crippen LogP contribution in [0.5, 0.6) is 5.75 Å². The first kappa shape index (κ1) is 15.8. The highest BCUT2D eigenvalue weighted by Gasteiger charge is 2.19. The number of halogens is 1. The number of carbonyl (C=O) groups is 1. The van der Waals surface area contributed by atoms with Crippen LogP contribution in [0.4, 0.5) is 10.1 Å². The van der Waals surface area contributed by atoms with Gasteiger partial charge in [0, 0.05) is 16.8 Å². The maximum Gasteiger partial charge on any atom is 0.357 e. The highest BCUT2D eigenvalue weighted by molar-refractivity contribution is 5.91. The largest absolute Gasteiger partial charge is 0.493 e. The zero-order valence-electron chi connectivity index (χ0n) is 12.9. The number of aromatic nitrogens is 1. The molecular weight excluding hydrogens is 287 g/mol. The zero-order valence-corrected chi connectivity index (χ0v) is 12.9. The van der Waals surface area contributed by atoms with Crippen LogP contribution in [-0.4, -0.2) is 25.2 Å². The molecule has 0 atom stereocenters. The van der Waals surface area contributed by atoms with Crippen LogP contribution >= 0.6 is 0 Å².